The Hall–Kier alpha value is -1.79. The van der Waals surface area contributed by atoms with Crippen LogP contribution in [-0.2, 0) is 13.1 Å². The number of amides is 2. The molecule has 2 amide bonds. The Kier molecular flexibility index (Phi) is 3.50. The van der Waals surface area contributed by atoms with Gasteiger partial charge in [-0.25, -0.2) is 4.79 Å². The van der Waals surface area contributed by atoms with E-state index in [1.165, 1.54) is 0 Å². The SMILES string of the molecule is O=C(Nc1ccc(Cl)cc1Cl)N1CCn2cnnc2C1. The maximum Gasteiger partial charge on any atom is 0.322 e. The number of aromatic nitrogens is 3. The van der Waals surface area contributed by atoms with E-state index in [4.69, 9.17) is 23.2 Å². The summed E-state index contributed by atoms with van der Waals surface area (Å²) in [7, 11) is 0. The molecule has 104 valence electrons. The van der Waals surface area contributed by atoms with Gasteiger partial charge in [0.1, 0.15) is 6.33 Å². The molecule has 0 saturated carbocycles. The molecule has 1 aliphatic heterocycles. The first-order chi connectivity index (χ1) is 9.63. The molecule has 0 aliphatic carbocycles. The van der Waals surface area contributed by atoms with Gasteiger partial charge in [-0.2, -0.15) is 0 Å². The van der Waals surface area contributed by atoms with Gasteiger partial charge in [-0.3, -0.25) is 0 Å². The molecule has 6 nitrogen and oxygen atoms in total. The smallest absolute Gasteiger partial charge is 0.315 e. The van der Waals surface area contributed by atoms with Gasteiger partial charge in [0.15, 0.2) is 5.82 Å². The number of nitrogens with zero attached hydrogens (tertiary/aromatic N) is 4. The van der Waals surface area contributed by atoms with Crippen LogP contribution in [0.25, 0.3) is 0 Å². The molecule has 0 saturated heterocycles. The lowest BCUT2D eigenvalue weighted by Crippen LogP contribution is -2.40. The number of carbonyl (C=O) groups is 1. The number of benzene rings is 1. The number of hydrogen-bond acceptors (Lipinski definition) is 3. The first kappa shape index (κ1) is 13.2. The fourth-order valence-electron chi connectivity index (χ4n) is 2.02. The van der Waals surface area contributed by atoms with Gasteiger partial charge in [0, 0.05) is 18.1 Å². The van der Waals surface area contributed by atoms with Crippen LogP contribution in [0.5, 0.6) is 0 Å². The second-order valence-corrected chi connectivity index (χ2v) is 5.26. The zero-order valence-electron chi connectivity index (χ0n) is 10.4. The molecule has 3 rings (SSSR count). The minimum atomic E-state index is -0.219. The summed E-state index contributed by atoms with van der Waals surface area (Å²) >= 11 is 11.9. The van der Waals surface area contributed by atoms with Crippen LogP contribution in [-0.4, -0.2) is 32.2 Å². The molecule has 1 aromatic heterocycles. The molecule has 0 spiro atoms. The van der Waals surface area contributed by atoms with Crippen molar-refractivity contribution in [3.63, 3.8) is 0 Å². The van der Waals surface area contributed by atoms with Crippen LogP contribution in [0.1, 0.15) is 5.82 Å². The van der Waals surface area contributed by atoms with Gasteiger partial charge in [-0.1, -0.05) is 23.2 Å². The van der Waals surface area contributed by atoms with E-state index >= 15 is 0 Å². The summed E-state index contributed by atoms with van der Waals surface area (Å²) < 4.78 is 1.93. The van der Waals surface area contributed by atoms with Crippen molar-refractivity contribution in [3.8, 4) is 0 Å². The minimum Gasteiger partial charge on any atom is -0.315 e. The van der Waals surface area contributed by atoms with Crippen molar-refractivity contribution < 1.29 is 4.79 Å². The maximum atomic E-state index is 12.2. The number of rotatable bonds is 1. The van der Waals surface area contributed by atoms with E-state index in [2.05, 4.69) is 15.5 Å². The Morgan fingerprint density at radius 2 is 2.15 bits per heavy atom. The third kappa shape index (κ3) is 2.57. The number of nitrogens with one attached hydrogen (secondary N) is 1. The van der Waals surface area contributed by atoms with Gasteiger partial charge < -0.3 is 14.8 Å². The molecule has 8 heteroatoms. The lowest BCUT2D eigenvalue weighted by atomic mass is 10.3. The number of hydrogen-bond donors (Lipinski definition) is 1. The average molecular weight is 312 g/mol. The summed E-state index contributed by atoms with van der Waals surface area (Å²) in [6, 6.07) is 4.72. The number of urea groups is 1. The fraction of sp³-hybridized carbons (Fsp3) is 0.250. The van der Waals surface area contributed by atoms with Gasteiger partial charge in [0.2, 0.25) is 0 Å². The van der Waals surface area contributed by atoms with Gasteiger partial charge >= 0.3 is 6.03 Å². The predicted octanol–water partition coefficient (Wildman–Crippen LogP) is 2.63. The molecular formula is C12H11Cl2N5O. The fourth-order valence-corrected chi connectivity index (χ4v) is 2.48. The van der Waals surface area contributed by atoms with Crippen molar-refractivity contribution in [3.05, 3.63) is 40.4 Å². The highest BCUT2D eigenvalue weighted by atomic mass is 35.5. The molecule has 1 aromatic carbocycles. The van der Waals surface area contributed by atoms with Crippen LogP contribution in [0.3, 0.4) is 0 Å². The van der Waals surface area contributed by atoms with Gasteiger partial charge in [-0.05, 0) is 18.2 Å². The van der Waals surface area contributed by atoms with E-state index in [9.17, 15) is 4.79 Å². The van der Waals surface area contributed by atoms with E-state index < -0.39 is 0 Å². The highest BCUT2D eigenvalue weighted by Crippen LogP contribution is 2.25. The monoisotopic (exact) mass is 311 g/mol. The van der Waals surface area contributed by atoms with Crippen molar-refractivity contribution in [2.75, 3.05) is 11.9 Å². The van der Waals surface area contributed by atoms with Crippen LogP contribution in [0.15, 0.2) is 24.5 Å². The third-order valence-corrected chi connectivity index (χ3v) is 3.65. The predicted molar refractivity (Wildman–Crippen MR) is 75.9 cm³/mol. The largest absolute Gasteiger partial charge is 0.322 e. The third-order valence-electron chi connectivity index (χ3n) is 3.10. The Balaban J connectivity index is 1.71. The molecule has 1 N–H and O–H groups in total. The molecule has 0 unspecified atom stereocenters. The Morgan fingerprint density at radius 1 is 1.30 bits per heavy atom. The van der Waals surface area contributed by atoms with Crippen molar-refractivity contribution in [1.29, 1.82) is 0 Å². The average Bonchev–Trinajstić information content (AvgIpc) is 2.89. The topological polar surface area (TPSA) is 63.1 Å². The van der Waals surface area contributed by atoms with Gasteiger partial charge in [0.05, 0.1) is 17.3 Å². The summed E-state index contributed by atoms with van der Waals surface area (Å²) in [5.41, 5.74) is 0.535. The van der Waals surface area contributed by atoms with Crippen molar-refractivity contribution in [2.45, 2.75) is 13.1 Å². The van der Waals surface area contributed by atoms with E-state index in [0.717, 1.165) is 5.82 Å². The van der Waals surface area contributed by atoms with E-state index in [-0.39, 0.29) is 6.03 Å². The lowest BCUT2D eigenvalue weighted by Gasteiger charge is -2.27. The summed E-state index contributed by atoms with van der Waals surface area (Å²) in [6.07, 6.45) is 1.67. The molecule has 0 bridgehead atoms. The summed E-state index contributed by atoms with van der Waals surface area (Å²) in [5, 5.41) is 11.5. The van der Waals surface area contributed by atoms with Crippen LogP contribution >= 0.6 is 23.2 Å². The normalized spacial score (nSPS) is 14.0. The lowest BCUT2D eigenvalue weighted by molar-refractivity contribution is 0.195. The Labute approximate surface area is 125 Å². The molecule has 0 fully saturated rings. The second-order valence-electron chi connectivity index (χ2n) is 4.42. The highest BCUT2D eigenvalue weighted by molar-refractivity contribution is 6.36. The molecule has 2 heterocycles. The Bertz CT molecular complexity index is 657. The Morgan fingerprint density at radius 3 is 2.95 bits per heavy atom. The minimum absolute atomic E-state index is 0.219. The highest BCUT2D eigenvalue weighted by Gasteiger charge is 2.22. The molecule has 1 aliphatic rings. The number of carbonyl (C=O) groups excluding carboxylic acids is 1. The van der Waals surface area contributed by atoms with E-state index in [1.54, 1.807) is 29.4 Å². The zero-order valence-corrected chi connectivity index (χ0v) is 11.9. The molecule has 20 heavy (non-hydrogen) atoms. The summed E-state index contributed by atoms with van der Waals surface area (Å²) in [4.78, 5) is 13.9. The van der Waals surface area contributed by atoms with Crippen LogP contribution in [0.4, 0.5) is 10.5 Å². The van der Waals surface area contributed by atoms with Gasteiger partial charge in [0.25, 0.3) is 0 Å². The van der Waals surface area contributed by atoms with Crippen LogP contribution < -0.4 is 5.32 Å². The van der Waals surface area contributed by atoms with E-state index in [0.29, 0.717) is 35.4 Å². The molecule has 2 aromatic rings. The van der Waals surface area contributed by atoms with E-state index in [1.807, 2.05) is 4.57 Å². The van der Waals surface area contributed by atoms with Crippen LogP contribution in [0, 0.1) is 0 Å². The first-order valence-electron chi connectivity index (χ1n) is 6.01. The first-order valence-corrected chi connectivity index (χ1v) is 6.77. The maximum absolute atomic E-state index is 12.2. The van der Waals surface area contributed by atoms with Crippen molar-refractivity contribution in [1.82, 2.24) is 19.7 Å². The van der Waals surface area contributed by atoms with Crippen molar-refractivity contribution in [2.24, 2.45) is 0 Å². The standard InChI is InChI=1S/C12H11Cl2N5O/c13-8-1-2-10(9(14)5-8)16-12(20)18-3-4-19-7-15-17-11(19)6-18/h1-2,5,7H,3-4,6H2,(H,16,20). The number of fused-ring (bicyclic) bond motifs is 1. The second kappa shape index (κ2) is 5.30. The summed E-state index contributed by atoms with van der Waals surface area (Å²) in [5.74, 6) is 0.772. The summed E-state index contributed by atoms with van der Waals surface area (Å²) in [6.45, 7) is 1.71. The molecular weight excluding hydrogens is 301 g/mol. The molecule has 0 radical (unpaired) electrons. The zero-order chi connectivity index (χ0) is 14.1. The quantitative estimate of drug-likeness (QED) is 0.880. The molecule has 0 atom stereocenters. The number of anilines is 1. The van der Waals surface area contributed by atoms with Crippen molar-refractivity contribution >= 4 is 34.9 Å². The van der Waals surface area contributed by atoms with Gasteiger partial charge in [-0.15, -0.1) is 10.2 Å². The number of halogens is 2. The van der Waals surface area contributed by atoms with Crippen LogP contribution in [0.2, 0.25) is 10.0 Å².